The average Bonchev–Trinajstić information content (AvgIpc) is 3.25. The maximum absolute atomic E-state index is 5.22. The minimum atomic E-state index is 0.656. The zero-order valence-corrected chi connectivity index (χ0v) is 13.1. The predicted octanol–water partition coefficient (Wildman–Crippen LogP) is 3.05. The van der Waals surface area contributed by atoms with E-state index in [9.17, 15) is 0 Å². The zero-order valence-electron chi connectivity index (χ0n) is 13.1. The fraction of sp³-hybridized carbons (Fsp3) is 0.647. The van der Waals surface area contributed by atoms with Crippen molar-refractivity contribution in [3.63, 3.8) is 0 Å². The lowest BCUT2D eigenvalue weighted by atomic mass is 10.1. The Morgan fingerprint density at radius 2 is 1.95 bits per heavy atom. The van der Waals surface area contributed by atoms with E-state index in [2.05, 4.69) is 48.3 Å². The van der Waals surface area contributed by atoms with Crippen molar-refractivity contribution in [1.29, 1.82) is 0 Å². The van der Waals surface area contributed by atoms with Gasteiger partial charge in [0, 0.05) is 38.5 Å². The highest BCUT2D eigenvalue weighted by Crippen LogP contribution is 2.20. The van der Waals surface area contributed by atoms with Gasteiger partial charge in [-0.25, -0.2) is 0 Å². The summed E-state index contributed by atoms with van der Waals surface area (Å²) in [6.07, 6.45) is 2.69. The molecule has 0 spiro atoms. The van der Waals surface area contributed by atoms with Gasteiger partial charge in [-0.2, -0.15) is 0 Å². The summed E-state index contributed by atoms with van der Waals surface area (Å²) < 4.78 is 5.22. The molecule has 2 rings (SSSR count). The summed E-state index contributed by atoms with van der Waals surface area (Å²) in [5.74, 6) is 0.656. The maximum atomic E-state index is 5.22. The molecule has 0 atom stereocenters. The van der Waals surface area contributed by atoms with Crippen LogP contribution >= 0.6 is 0 Å². The molecule has 112 valence electrons. The maximum Gasteiger partial charge on any atom is 0.0637 e. The lowest BCUT2D eigenvalue weighted by molar-refractivity contribution is 0.204. The minimum Gasteiger partial charge on any atom is -0.383 e. The Hall–Kier alpha value is -1.06. The van der Waals surface area contributed by atoms with Crippen molar-refractivity contribution in [2.75, 3.05) is 31.7 Å². The molecule has 1 saturated carbocycles. The van der Waals surface area contributed by atoms with Crippen LogP contribution in [0.25, 0.3) is 0 Å². The quantitative estimate of drug-likeness (QED) is 0.750. The molecule has 0 aliphatic heterocycles. The number of nitrogens with zero attached hydrogens (tertiary/aromatic N) is 1. The minimum absolute atomic E-state index is 0.656. The largest absolute Gasteiger partial charge is 0.383 e. The molecular formula is C17H28N2O. The Morgan fingerprint density at radius 3 is 2.50 bits per heavy atom. The topological polar surface area (TPSA) is 24.5 Å². The second-order valence-corrected chi connectivity index (χ2v) is 6.15. The molecule has 1 fully saturated rings. The molecular weight excluding hydrogens is 248 g/mol. The first-order valence-electron chi connectivity index (χ1n) is 7.75. The van der Waals surface area contributed by atoms with E-state index in [0.717, 1.165) is 32.3 Å². The molecule has 1 aliphatic carbocycles. The van der Waals surface area contributed by atoms with Crippen LogP contribution in [0.3, 0.4) is 0 Å². The summed E-state index contributed by atoms with van der Waals surface area (Å²) in [6.45, 7) is 8.31. The third-order valence-electron chi connectivity index (χ3n) is 3.62. The van der Waals surface area contributed by atoms with Crippen molar-refractivity contribution < 1.29 is 4.74 Å². The van der Waals surface area contributed by atoms with Crippen molar-refractivity contribution in [3.05, 3.63) is 29.8 Å². The normalized spacial score (nSPS) is 14.8. The number of ether oxygens (including phenoxy) is 1. The van der Waals surface area contributed by atoms with Crippen LogP contribution in [0.2, 0.25) is 0 Å². The van der Waals surface area contributed by atoms with E-state index in [1.54, 1.807) is 7.11 Å². The highest BCUT2D eigenvalue weighted by molar-refractivity contribution is 5.47. The number of hydrogen-bond donors (Lipinski definition) is 1. The zero-order chi connectivity index (χ0) is 14.4. The van der Waals surface area contributed by atoms with Gasteiger partial charge in [0.15, 0.2) is 0 Å². The first-order valence-corrected chi connectivity index (χ1v) is 7.75. The summed E-state index contributed by atoms with van der Waals surface area (Å²) in [6, 6.07) is 9.73. The fourth-order valence-electron chi connectivity index (χ4n) is 2.34. The van der Waals surface area contributed by atoms with Crippen LogP contribution in [0.5, 0.6) is 0 Å². The number of rotatable bonds is 9. The highest BCUT2D eigenvalue weighted by atomic mass is 16.5. The lowest BCUT2D eigenvalue weighted by Gasteiger charge is -2.26. The molecule has 1 aliphatic rings. The van der Waals surface area contributed by atoms with E-state index in [1.807, 2.05) is 0 Å². The molecule has 0 saturated heterocycles. The van der Waals surface area contributed by atoms with Gasteiger partial charge in [0.05, 0.1) is 6.61 Å². The van der Waals surface area contributed by atoms with E-state index in [0.29, 0.717) is 5.92 Å². The summed E-state index contributed by atoms with van der Waals surface area (Å²) in [5, 5.41) is 3.55. The van der Waals surface area contributed by atoms with Gasteiger partial charge in [-0.3, -0.25) is 0 Å². The molecule has 0 aromatic heterocycles. The number of hydrogen-bond acceptors (Lipinski definition) is 3. The Labute approximate surface area is 123 Å². The van der Waals surface area contributed by atoms with Crippen LogP contribution in [-0.2, 0) is 11.3 Å². The molecule has 0 radical (unpaired) electrons. The van der Waals surface area contributed by atoms with Crippen molar-refractivity contribution in [1.82, 2.24) is 5.32 Å². The Bertz CT molecular complexity index is 384. The number of methoxy groups -OCH3 is 1. The SMILES string of the molecule is COCCN(CC(C)C)c1ccc(CNC2CC2)cc1. The summed E-state index contributed by atoms with van der Waals surface area (Å²) >= 11 is 0. The second kappa shape index (κ2) is 7.65. The monoisotopic (exact) mass is 276 g/mol. The number of benzene rings is 1. The Kier molecular flexibility index (Phi) is 5.86. The van der Waals surface area contributed by atoms with Gasteiger partial charge >= 0.3 is 0 Å². The van der Waals surface area contributed by atoms with Gasteiger partial charge in [0.2, 0.25) is 0 Å². The second-order valence-electron chi connectivity index (χ2n) is 6.15. The molecule has 0 heterocycles. The predicted molar refractivity (Wildman–Crippen MR) is 85.2 cm³/mol. The van der Waals surface area contributed by atoms with Crippen molar-refractivity contribution in [2.45, 2.75) is 39.3 Å². The van der Waals surface area contributed by atoms with Gasteiger partial charge in [0.1, 0.15) is 0 Å². The average molecular weight is 276 g/mol. The van der Waals surface area contributed by atoms with Gasteiger partial charge in [-0.1, -0.05) is 26.0 Å². The molecule has 1 aromatic carbocycles. The molecule has 0 unspecified atom stereocenters. The summed E-state index contributed by atoms with van der Waals surface area (Å²) in [5.41, 5.74) is 2.67. The van der Waals surface area contributed by atoms with Crippen LogP contribution < -0.4 is 10.2 Å². The summed E-state index contributed by atoms with van der Waals surface area (Å²) in [4.78, 5) is 2.41. The lowest BCUT2D eigenvalue weighted by Crippen LogP contribution is -2.30. The Balaban J connectivity index is 1.92. The smallest absolute Gasteiger partial charge is 0.0637 e. The van der Waals surface area contributed by atoms with Crippen LogP contribution in [0.15, 0.2) is 24.3 Å². The third kappa shape index (κ3) is 5.14. The molecule has 1 N–H and O–H groups in total. The first kappa shape index (κ1) is 15.3. The van der Waals surface area contributed by atoms with Crippen LogP contribution in [0.1, 0.15) is 32.3 Å². The van der Waals surface area contributed by atoms with Crippen molar-refractivity contribution in [2.24, 2.45) is 5.92 Å². The first-order chi connectivity index (χ1) is 9.69. The number of anilines is 1. The van der Waals surface area contributed by atoms with Gasteiger partial charge in [0.25, 0.3) is 0 Å². The van der Waals surface area contributed by atoms with E-state index in [4.69, 9.17) is 4.74 Å². The summed E-state index contributed by atoms with van der Waals surface area (Å²) in [7, 11) is 1.76. The van der Waals surface area contributed by atoms with Gasteiger partial charge in [-0.05, 0) is 36.5 Å². The van der Waals surface area contributed by atoms with E-state index >= 15 is 0 Å². The molecule has 3 heteroatoms. The highest BCUT2D eigenvalue weighted by Gasteiger charge is 2.19. The van der Waals surface area contributed by atoms with Gasteiger partial charge in [-0.15, -0.1) is 0 Å². The van der Waals surface area contributed by atoms with Crippen molar-refractivity contribution >= 4 is 5.69 Å². The Morgan fingerprint density at radius 1 is 1.25 bits per heavy atom. The molecule has 0 amide bonds. The molecule has 3 nitrogen and oxygen atoms in total. The van der Waals surface area contributed by atoms with E-state index in [1.165, 1.54) is 24.1 Å². The van der Waals surface area contributed by atoms with E-state index < -0.39 is 0 Å². The van der Waals surface area contributed by atoms with Crippen LogP contribution in [-0.4, -0.2) is 32.8 Å². The van der Waals surface area contributed by atoms with Crippen LogP contribution in [0, 0.1) is 5.92 Å². The molecule has 0 bridgehead atoms. The van der Waals surface area contributed by atoms with Gasteiger partial charge < -0.3 is 15.0 Å². The van der Waals surface area contributed by atoms with Crippen molar-refractivity contribution in [3.8, 4) is 0 Å². The number of nitrogens with one attached hydrogen (secondary N) is 1. The van der Waals surface area contributed by atoms with Crippen LogP contribution in [0.4, 0.5) is 5.69 Å². The van der Waals surface area contributed by atoms with E-state index in [-0.39, 0.29) is 0 Å². The molecule has 20 heavy (non-hydrogen) atoms. The third-order valence-corrected chi connectivity index (χ3v) is 3.62. The molecule has 1 aromatic rings. The fourth-order valence-corrected chi connectivity index (χ4v) is 2.34. The standard InChI is InChI=1S/C17H28N2O/c1-14(2)13-19(10-11-20-3)17-8-4-15(5-9-17)12-18-16-6-7-16/h4-5,8-9,14,16,18H,6-7,10-13H2,1-3H3.